The molecule has 0 radical (unpaired) electrons. The summed E-state index contributed by atoms with van der Waals surface area (Å²) in [4.78, 5) is 23.5. The number of amides is 1. The lowest BCUT2D eigenvalue weighted by molar-refractivity contribution is -0.143. The summed E-state index contributed by atoms with van der Waals surface area (Å²) in [7, 11) is 1.55. The number of methoxy groups -OCH3 is 1. The third-order valence-electron chi connectivity index (χ3n) is 3.80. The molecule has 1 amide bonds. The van der Waals surface area contributed by atoms with Crippen molar-refractivity contribution in [3.63, 3.8) is 0 Å². The van der Waals surface area contributed by atoms with Crippen LogP contribution in [0.15, 0.2) is 11.4 Å². The highest BCUT2D eigenvalue weighted by atomic mass is 32.1. The van der Waals surface area contributed by atoms with Crippen LogP contribution in [0, 0.1) is 11.8 Å². The quantitative estimate of drug-likeness (QED) is 0.875. The topological polar surface area (TPSA) is 75.6 Å². The molecule has 0 aromatic carbocycles. The summed E-state index contributed by atoms with van der Waals surface area (Å²) in [6.45, 7) is 0.603. The number of aliphatic carboxylic acids is 1. The predicted octanol–water partition coefficient (Wildman–Crippen LogP) is 2.38. The Kier molecular flexibility index (Phi) is 5.00. The van der Waals surface area contributed by atoms with Crippen LogP contribution in [0.2, 0.25) is 0 Å². The first-order chi connectivity index (χ1) is 9.61. The Hall–Kier alpha value is -1.56. The summed E-state index contributed by atoms with van der Waals surface area (Å²) < 4.78 is 5.12. The Labute approximate surface area is 121 Å². The van der Waals surface area contributed by atoms with Crippen molar-refractivity contribution in [2.45, 2.75) is 25.7 Å². The zero-order chi connectivity index (χ0) is 14.5. The summed E-state index contributed by atoms with van der Waals surface area (Å²) in [5, 5.41) is 13.7. The first-order valence-electron chi connectivity index (χ1n) is 6.74. The average Bonchev–Trinajstić information content (AvgIpc) is 2.93. The standard InChI is InChI=1S/C14H19NO4S/c1-19-11-6-7-20-12(11)13(16)15-8-9-2-4-10(5-3-9)14(17)18/h6-7,9-10H,2-5,8H2,1H3,(H,15,16)(H,17,18). The van der Waals surface area contributed by atoms with Crippen LogP contribution in [0.4, 0.5) is 0 Å². The van der Waals surface area contributed by atoms with E-state index in [1.807, 2.05) is 5.38 Å². The maximum atomic E-state index is 12.0. The number of carbonyl (C=O) groups is 2. The first kappa shape index (κ1) is 14.8. The molecule has 1 aromatic heterocycles. The van der Waals surface area contributed by atoms with Gasteiger partial charge in [0.05, 0.1) is 13.0 Å². The number of hydrogen-bond donors (Lipinski definition) is 2. The fraction of sp³-hybridized carbons (Fsp3) is 0.571. The van der Waals surface area contributed by atoms with Gasteiger partial charge in [-0.3, -0.25) is 9.59 Å². The van der Waals surface area contributed by atoms with Crippen LogP contribution in [0.25, 0.3) is 0 Å². The van der Waals surface area contributed by atoms with Crippen molar-refractivity contribution in [3.8, 4) is 5.75 Å². The van der Waals surface area contributed by atoms with Crippen LogP contribution < -0.4 is 10.1 Å². The zero-order valence-electron chi connectivity index (χ0n) is 11.4. The highest BCUT2D eigenvalue weighted by molar-refractivity contribution is 7.12. The molecule has 5 nitrogen and oxygen atoms in total. The van der Waals surface area contributed by atoms with Crippen molar-refractivity contribution in [2.75, 3.05) is 13.7 Å². The SMILES string of the molecule is COc1ccsc1C(=O)NCC1CCC(C(=O)O)CC1. The number of carboxylic acid groups (broad SMARTS) is 1. The number of rotatable bonds is 5. The molecule has 0 spiro atoms. The van der Waals surface area contributed by atoms with E-state index in [-0.39, 0.29) is 11.8 Å². The van der Waals surface area contributed by atoms with Crippen molar-refractivity contribution >= 4 is 23.2 Å². The lowest BCUT2D eigenvalue weighted by atomic mass is 9.82. The lowest BCUT2D eigenvalue weighted by Gasteiger charge is -2.26. The second-order valence-corrected chi connectivity index (χ2v) is 6.00. The van der Waals surface area contributed by atoms with Gasteiger partial charge in [-0.05, 0) is 43.0 Å². The van der Waals surface area contributed by atoms with E-state index in [9.17, 15) is 9.59 Å². The highest BCUT2D eigenvalue weighted by Crippen LogP contribution is 2.29. The first-order valence-corrected chi connectivity index (χ1v) is 7.62. The van der Waals surface area contributed by atoms with E-state index in [1.165, 1.54) is 11.3 Å². The Balaban J connectivity index is 1.79. The second-order valence-electron chi connectivity index (χ2n) is 5.08. The van der Waals surface area contributed by atoms with Crippen LogP contribution in [0.3, 0.4) is 0 Å². The van der Waals surface area contributed by atoms with Gasteiger partial charge in [-0.25, -0.2) is 0 Å². The largest absolute Gasteiger partial charge is 0.495 e. The molecule has 0 aliphatic heterocycles. The third-order valence-corrected chi connectivity index (χ3v) is 4.70. The number of nitrogens with one attached hydrogen (secondary N) is 1. The van der Waals surface area contributed by atoms with Crippen LogP contribution >= 0.6 is 11.3 Å². The average molecular weight is 297 g/mol. The van der Waals surface area contributed by atoms with E-state index in [0.29, 0.717) is 35.9 Å². The molecular formula is C14H19NO4S. The van der Waals surface area contributed by atoms with Crippen LogP contribution in [-0.2, 0) is 4.79 Å². The predicted molar refractivity (Wildman–Crippen MR) is 76.3 cm³/mol. The summed E-state index contributed by atoms with van der Waals surface area (Å²) >= 11 is 1.36. The molecule has 0 atom stereocenters. The maximum absolute atomic E-state index is 12.0. The van der Waals surface area contributed by atoms with Crippen molar-refractivity contribution in [1.82, 2.24) is 5.32 Å². The number of carboxylic acids is 1. The molecule has 1 fully saturated rings. The lowest BCUT2D eigenvalue weighted by Crippen LogP contribution is -2.32. The maximum Gasteiger partial charge on any atom is 0.306 e. The van der Waals surface area contributed by atoms with Gasteiger partial charge in [0, 0.05) is 6.54 Å². The molecule has 0 saturated heterocycles. The van der Waals surface area contributed by atoms with Gasteiger partial charge in [-0.1, -0.05) is 0 Å². The Morgan fingerprint density at radius 1 is 1.40 bits per heavy atom. The van der Waals surface area contributed by atoms with E-state index in [0.717, 1.165) is 12.8 Å². The second kappa shape index (κ2) is 6.74. The van der Waals surface area contributed by atoms with Gasteiger partial charge in [-0.2, -0.15) is 0 Å². The third kappa shape index (κ3) is 3.50. The Morgan fingerprint density at radius 2 is 2.10 bits per heavy atom. The molecule has 1 aliphatic carbocycles. The molecule has 0 unspecified atom stereocenters. The van der Waals surface area contributed by atoms with Crippen LogP contribution in [0.1, 0.15) is 35.4 Å². The van der Waals surface area contributed by atoms with Crippen LogP contribution in [0.5, 0.6) is 5.75 Å². The minimum Gasteiger partial charge on any atom is -0.495 e. The van der Waals surface area contributed by atoms with Gasteiger partial charge in [0.1, 0.15) is 10.6 Å². The molecule has 20 heavy (non-hydrogen) atoms. The van der Waals surface area contributed by atoms with Gasteiger partial charge in [0.15, 0.2) is 0 Å². The van der Waals surface area contributed by atoms with Gasteiger partial charge in [-0.15, -0.1) is 11.3 Å². The fourth-order valence-corrected chi connectivity index (χ4v) is 3.33. The number of hydrogen-bond acceptors (Lipinski definition) is 4. The summed E-state index contributed by atoms with van der Waals surface area (Å²) in [5.41, 5.74) is 0. The fourth-order valence-electron chi connectivity index (χ4n) is 2.55. The molecule has 1 aliphatic rings. The highest BCUT2D eigenvalue weighted by Gasteiger charge is 2.26. The Bertz CT molecular complexity index is 477. The summed E-state index contributed by atoms with van der Waals surface area (Å²) in [5.74, 6) is -0.0463. The molecule has 2 rings (SSSR count). The smallest absolute Gasteiger partial charge is 0.306 e. The van der Waals surface area contributed by atoms with Gasteiger partial charge in [0.2, 0.25) is 0 Å². The normalized spacial score (nSPS) is 22.2. The number of ether oxygens (including phenoxy) is 1. The number of thiophene rings is 1. The van der Waals surface area contributed by atoms with Gasteiger partial charge < -0.3 is 15.2 Å². The minimum atomic E-state index is -0.698. The van der Waals surface area contributed by atoms with Crippen molar-refractivity contribution in [1.29, 1.82) is 0 Å². The molecule has 0 bridgehead atoms. The van der Waals surface area contributed by atoms with E-state index < -0.39 is 5.97 Å². The summed E-state index contributed by atoms with van der Waals surface area (Å²) in [6.07, 6.45) is 3.13. The zero-order valence-corrected chi connectivity index (χ0v) is 12.2. The van der Waals surface area contributed by atoms with E-state index in [2.05, 4.69) is 5.32 Å². The Morgan fingerprint density at radius 3 is 2.70 bits per heavy atom. The van der Waals surface area contributed by atoms with E-state index in [4.69, 9.17) is 9.84 Å². The molecule has 1 saturated carbocycles. The molecule has 2 N–H and O–H groups in total. The van der Waals surface area contributed by atoms with E-state index in [1.54, 1.807) is 13.2 Å². The number of carbonyl (C=O) groups excluding carboxylic acids is 1. The van der Waals surface area contributed by atoms with Crippen molar-refractivity contribution < 1.29 is 19.4 Å². The molecule has 6 heteroatoms. The van der Waals surface area contributed by atoms with Crippen LogP contribution in [-0.4, -0.2) is 30.6 Å². The minimum absolute atomic E-state index is 0.114. The summed E-state index contributed by atoms with van der Waals surface area (Å²) in [6, 6.07) is 1.78. The van der Waals surface area contributed by atoms with Gasteiger partial charge >= 0.3 is 5.97 Å². The molecule has 110 valence electrons. The molecule has 1 heterocycles. The monoisotopic (exact) mass is 297 g/mol. The molecular weight excluding hydrogens is 278 g/mol. The van der Waals surface area contributed by atoms with Crippen molar-refractivity contribution in [3.05, 3.63) is 16.3 Å². The van der Waals surface area contributed by atoms with E-state index >= 15 is 0 Å². The van der Waals surface area contributed by atoms with Gasteiger partial charge in [0.25, 0.3) is 5.91 Å². The van der Waals surface area contributed by atoms with Crippen molar-refractivity contribution in [2.24, 2.45) is 11.8 Å². The molecule has 1 aromatic rings.